The highest BCUT2D eigenvalue weighted by Gasteiger charge is 2.20. The first kappa shape index (κ1) is 20.8. The highest BCUT2D eigenvalue weighted by Crippen LogP contribution is 2.17. The van der Waals surface area contributed by atoms with Gasteiger partial charge in [-0.2, -0.15) is 0 Å². The number of halogens is 1. The Morgan fingerprint density at radius 3 is 2.59 bits per heavy atom. The van der Waals surface area contributed by atoms with Gasteiger partial charge in [0.15, 0.2) is 0 Å². The summed E-state index contributed by atoms with van der Waals surface area (Å²) >= 11 is 0. The van der Waals surface area contributed by atoms with Gasteiger partial charge in [-0.15, -0.1) is 6.58 Å². The molecule has 0 aliphatic rings. The second-order valence-corrected chi connectivity index (χ2v) is 7.41. The van der Waals surface area contributed by atoms with Crippen molar-refractivity contribution in [2.75, 3.05) is 13.7 Å². The Morgan fingerprint density at radius 2 is 1.93 bits per heavy atom. The number of carbonyl (C=O) groups is 1. The van der Waals surface area contributed by atoms with Crippen molar-refractivity contribution in [3.05, 3.63) is 77.6 Å². The fraction of sp³-hybridized carbons (Fsp3) is 0.211. The molecule has 8 heteroatoms. The van der Waals surface area contributed by atoms with Gasteiger partial charge in [-0.05, 0) is 29.3 Å². The van der Waals surface area contributed by atoms with Crippen molar-refractivity contribution in [3.8, 4) is 0 Å². The van der Waals surface area contributed by atoms with Crippen LogP contribution in [0.2, 0.25) is 0 Å². The molecule has 0 spiro atoms. The van der Waals surface area contributed by atoms with Crippen LogP contribution >= 0.6 is 0 Å². The maximum Gasteiger partial charge on any atom is 0.251 e. The van der Waals surface area contributed by atoms with Gasteiger partial charge in [0.2, 0.25) is 10.0 Å². The zero-order chi connectivity index (χ0) is 19.9. The van der Waals surface area contributed by atoms with Crippen LogP contribution in [0.4, 0.5) is 4.39 Å². The van der Waals surface area contributed by atoms with E-state index in [4.69, 9.17) is 4.74 Å². The van der Waals surface area contributed by atoms with E-state index in [1.165, 1.54) is 12.1 Å². The number of rotatable bonds is 9. The summed E-state index contributed by atoms with van der Waals surface area (Å²) in [5, 5.41) is 2.71. The molecule has 0 atom stereocenters. The summed E-state index contributed by atoms with van der Waals surface area (Å²) in [4.78, 5) is 11.8. The van der Waals surface area contributed by atoms with Crippen molar-refractivity contribution in [1.29, 1.82) is 0 Å². The van der Waals surface area contributed by atoms with E-state index < -0.39 is 26.6 Å². The second-order valence-electron chi connectivity index (χ2n) is 5.67. The van der Waals surface area contributed by atoms with E-state index >= 15 is 0 Å². The molecule has 2 N–H and O–H groups in total. The largest absolute Gasteiger partial charge is 0.380 e. The Morgan fingerprint density at radius 1 is 1.22 bits per heavy atom. The van der Waals surface area contributed by atoms with Gasteiger partial charge in [-0.1, -0.05) is 30.3 Å². The minimum Gasteiger partial charge on any atom is -0.380 e. The van der Waals surface area contributed by atoms with Crippen LogP contribution in [0.5, 0.6) is 0 Å². The Balaban J connectivity index is 2.18. The van der Waals surface area contributed by atoms with Crippen LogP contribution < -0.4 is 10.0 Å². The first-order chi connectivity index (χ1) is 12.9. The molecular formula is C19H21FN2O4S. The molecule has 6 nitrogen and oxygen atoms in total. The third-order valence-corrected chi connectivity index (χ3v) is 5.20. The highest BCUT2D eigenvalue weighted by molar-refractivity contribution is 7.89. The van der Waals surface area contributed by atoms with E-state index in [0.29, 0.717) is 6.61 Å². The standard InChI is InChI=1S/C19H21FN2O4S/c1-3-10-22-27(24,25)18-11-14(8-9-17(18)20)19(23)21-12-15-6-4-5-7-16(15)13-26-2/h3-9,11,22H,1,10,12-13H2,2H3,(H,21,23). The van der Waals surface area contributed by atoms with Crippen LogP contribution in [-0.4, -0.2) is 28.0 Å². The van der Waals surface area contributed by atoms with Crippen LogP contribution in [0.25, 0.3) is 0 Å². The molecule has 0 aliphatic heterocycles. The van der Waals surface area contributed by atoms with Crippen molar-refractivity contribution in [3.63, 3.8) is 0 Å². The number of hydrogen-bond acceptors (Lipinski definition) is 4. The van der Waals surface area contributed by atoms with Gasteiger partial charge in [-0.25, -0.2) is 17.5 Å². The molecule has 2 rings (SSSR count). The smallest absolute Gasteiger partial charge is 0.251 e. The monoisotopic (exact) mass is 392 g/mol. The lowest BCUT2D eigenvalue weighted by Gasteiger charge is -2.11. The van der Waals surface area contributed by atoms with Crippen molar-refractivity contribution >= 4 is 15.9 Å². The van der Waals surface area contributed by atoms with E-state index in [2.05, 4.69) is 16.6 Å². The fourth-order valence-electron chi connectivity index (χ4n) is 2.40. The van der Waals surface area contributed by atoms with Gasteiger partial charge in [0, 0.05) is 25.8 Å². The zero-order valence-corrected chi connectivity index (χ0v) is 15.7. The minimum absolute atomic E-state index is 0.0413. The molecular weight excluding hydrogens is 371 g/mol. The Kier molecular flexibility index (Phi) is 7.23. The lowest BCUT2D eigenvalue weighted by atomic mass is 10.1. The molecule has 0 unspecified atom stereocenters. The summed E-state index contributed by atoms with van der Waals surface area (Å²) in [5.74, 6) is -1.45. The lowest BCUT2D eigenvalue weighted by molar-refractivity contribution is 0.0950. The van der Waals surface area contributed by atoms with Crippen LogP contribution in [-0.2, 0) is 27.9 Å². The summed E-state index contributed by atoms with van der Waals surface area (Å²) in [6.45, 7) is 3.99. The number of sulfonamides is 1. The van der Waals surface area contributed by atoms with Crippen LogP contribution in [0.3, 0.4) is 0 Å². The molecule has 2 aromatic carbocycles. The van der Waals surface area contributed by atoms with E-state index in [0.717, 1.165) is 23.3 Å². The van der Waals surface area contributed by atoms with Crippen molar-refractivity contribution < 1.29 is 22.3 Å². The number of nitrogens with one attached hydrogen (secondary N) is 2. The highest BCUT2D eigenvalue weighted by atomic mass is 32.2. The molecule has 27 heavy (non-hydrogen) atoms. The average Bonchev–Trinajstić information content (AvgIpc) is 2.66. The summed E-state index contributed by atoms with van der Waals surface area (Å²) < 4.78 is 45.5. The van der Waals surface area contributed by atoms with Gasteiger partial charge < -0.3 is 10.1 Å². The topological polar surface area (TPSA) is 84.5 Å². The number of amides is 1. The SMILES string of the molecule is C=CCNS(=O)(=O)c1cc(C(=O)NCc2ccccc2COC)ccc1F. The van der Waals surface area contributed by atoms with E-state index in [1.54, 1.807) is 7.11 Å². The molecule has 0 radical (unpaired) electrons. The van der Waals surface area contributed by atoms with E-state index in [1.807, 2.05) is 24.3 Å². The molecule has 0 saturated heterocycles. The lowest BCUT2D eigenvalue weighted by Crippen LogP contribution is -2.26. The van der Waals surface area contributed by atoms with Crippen molar-refractivity contribution in [1.82, 2.24) is 10.0 Å². The molecule has 0 aromatic heterocycles. The third kappa shape index (κ3) is 5.46. The Bertz CT molecular complexity index is 929. The number of ether oxygens (including phenoxy) is 1. The van der Waals surface area contributed by atoms with Gasteiger partial charge in [-0.3, -0.25) is 4.79 Å². The average molecular weight is 392 g/mol. The maximum atomic E-state index is 14.0. The number of methoxy groups -OCH3 is 1. The number of carbonyl (C=O) groups excluding carboxylic acids is 1. The predicted molar refractivity (Wildman–Crippen MR) is 100 cm³/mol. The first-order valence-electron chi connectivity index (χ1n) is 8.13. The number of hydrogen-bond donors (Lipinski definition) is 2. The molecule has 0 fully saturated rings. The first-order valence-corrected chi connectivity index (χ1v) is 9.61. The van der Waals surface area contributed by atoms with Gasteiger partial charge >= 0.3 is 0 Å². The van der Waals surface area contributed by atoms with Crippen LogP contribution in [0.1, 0.15) is 21.5 Å². The van der Waals surface area contributed by atoms with Gasteiger partial charge in [0.1, 0.15) is 10.7 Å². The normalized spacial score (nSPS) is 11.2. The molecule has 0 heterocycles. The Hall–Kier alpha value is -2.55. The van der Waals surface area contributed by atoms with Crippen molar-refractivity contribution in [2.45, 2.75) is 18.0 Å². The summed E-state index contributed by atoms with van der Waals surface area (Å²) in [6.07, 6.45) is 1.34. The predicted octanol–water partition coefficient (Wildman–Crippen LogP) is 2.37. The summed E-state index contributed by atoms with van der Waals surface area (Å²) in [7, 11) is -2.50. The second kappa shape index (κ2) is 9.40. The maximum absolute atomic E-state index is 14.0. The Labute approximate surface area is 158 Å². The molecule has 0 bridgehead atoms. The third-order valence-electron chi connectivity index (χ3n) is 3.76. The molecule has 1 amide bonds. The molecule has 2 aromatic rings. The van der Waals surface area contributed by atoms with Crippen molar-refractivity contribution in [2.24, 2.45) is 0 Å². The molecule has 144 valence electrons. The molecule has 0 saturated carbocycles. The number of benzene rings is 2. The zero-order valence-electron chi connectivity index (χ0n) is 14.9. The quantitative estimate of drug-likeness (QED) is 0.642. The molecule has 0 aliphatic carbocycles. The summed E-state index contributed by atoms with van der Waals surface area (Å²) in [6, 6.07) is 10.7. The summed E-state index contributed by atoms with van der Waals surface area (Å²) in [5.41, 5.74) is 1.84. The van der Waals surface area contributed by atoms with Gasteiger partial charge in [0.05, 0.1) is 6.61 Å². The minimum atomic E-state index is -4.08. The van der Waals surface area contributed by atoms with Gasteiger partial charge in [0.25, 0.3) is 5.91 Å². The van der Waals surface area contributed by atoms with Crippen LogP contribution in [0.15, 0.2) is 60.0 Å². The van der Waals surface area contributed by atoms with E-state index in [-0.39, 0.29) is 18.7 Å². The van der Waals surface area contributed by atoms with E-state index in [9.17, 15) is 17.6 Å². The van der Waals surface area contributed by atoms with Crippen LogP contribution in [0, 0.1) is 5.82 Å². The fourth-order valence-corrected chi connectivity index (χ4v) is 3.50.